The Labute approximate surface area is 107 Å². The number of hydrogen-bond donors (Lipinski definition) is 1. The molecule has 2 rings (SSSR count). The Hall–Kier alpha value is -1.42. The number of aliphatic hydroxyl groups excluding tert-OH is 1. The molecule has 0 bridgehead atoms. The largest absolute Gasteiger partial charge is 0.389 e. The van der Waals surface area contributed by atoms with E-state index in [1.807, 2.05) is 0 Å². The highest BCUT2D eigenvalue weighted by Crippen LogP contribution is 2.34. The quantitative estimate of drug-likeness (QED) is 0.921. The van der Waals surface area contributed by atoms with Crippen LogP contribution in [-0.2, 0) is 0 Å². The maximum atomic E-state index is 9.67. The van der Waals surface area contributed by atoms with Crippen molar-refractivity contribution < 1.29 is 5.11 Å². The molecule has 0 amide bonds. The van der Waals surface area contributed by atoms with Crippen molar-refractivity contribution >= 4 is 23.3 Å². The minimum Gasteiger partial charge on any atom is -0.389 e. The molecule has 4 nitrogen and oxygen atoms in total. The Morgan fingerprint density at radius 2 is 2.35 bits per heavy atom. The molecule has 6 heteroatoms. The van der Waals surface area contributed by atoms with Gasteiger partial charge in [-0.15, -0.1) is 0 Å². The van der Waals surface area contributed by atoms with E-state index in [2.05, 4.69) is 15.4 Å². The van der Waals surface area contributed by atoms with Crippen LogP contribution in [0.15, 0.2) is 33.8 Å². The van der Waals surface area contributed by atoms with Gasteiger partial charge in [0.15, 0.2) is 4.34 Å². The van der Waals surface area contributed by atoms with Crippen LogP contribution in [0.1, 0.15) is 24.2 Å². The molecule has 0 aliphatic carbocycles. The summed E-state index contributed by atoms with van der Waals surface area (Å²) in [4.78, 5) is 4.92. The van der Waals surface area contributed by atoms with E-state index < -0.39 is 6.10 Å². The minimum absolute atomic E-state index is 0.571. The second-order valence-corrected chi connectivity index (χ2v) is 5.42. The maximum Gasteiger partial charge on any atom is 0.174 e. The van der Waals surface area contributed by atoms with Crippen LogP contribution in [0.3, 0.4) is 0 Å². The summed E-state index contributed by atoms with van der Waals surface area (Å²) in [7, 11) is 0. The fourth-order valence-electron chi connectivity index (χ4n) is 1.34. The first-order valence-electron chi connectivity index (χ1n) is 4.87. The Balaban J connectivity index is 2.39. The van der Waals surface area contributed by atoms with Gasteiger partial charge >= 0.3 is 0 Å². The number of nitrogens with zero attached hydrogens (tertiary/aromatic N) is 3. The van der Waals surface area contributed by atoms with E-state index in [4.69, 9.17) is 5.26 Å². The second kappa shape index (κ2) is 5.27. The highest BCUT2D eigenvalue weighted by atomic mass is 32.2. The van der Waals surface area contributed by atoms with E-state index in [1.165, 1.54) is 29.6 Å². The zero-order chi connectivity index (χ0) is 12.3. The van der Waals surface area contributed by atoms with Crippen molar-refractivity contribution in [3.8, 4) is 6.07 Å². The average molecular weight is 263 g/mol. The standard InChI is InChI=1S/C11H9N3OS2/c1-7(15)9-3-2-8(5-12)4-10(9)16-11-13-6-14-17-11/h2-4,6-7,15H,1H3/t7-/m1/s1. The van der Waals surface area contributed by atoms with Crippen LogP contribution < -0.4 is 0 Å². The molecule has 86 valence electrons. The van der Waals surface area contributed by atoms with Crippen molar-refractivity contribution in [1.29, 1.82) is 5.26 Å². The molecule has 0 fully saturated rings. The Bertz CT molecular complexity index is 546. The number of benzene rings is 1. The summed E-state index contributed by atoms with van der Waals surface area (Å²) in [5.41, 5.74) is 1.37. The van der Waals surface area contributed by atoms with Gasteiger partial charge in [-0.25, -0.2) is 4.98 Å². The van der Waals surface area contributed by atoms with E-state index in [0.717, 1.165) is 14.8 Å². The Morgan fingerprint density at radius 3 is 2.94 bits per heavy atom. The molecule has 0 radical (unpaired) electrons. The lowest BCUT2D eigenvalue weighted by molar-refractivity contribution is 0.196. The third-order valence-electron chi connectivity index (χ3n) is 2.13. The summed E-state index contributed by atoms with van der Waals surface area (Å²) in [5, 5.41) is 18.5. The van der Waals surface area contributed by atoms with E-state index in [9.17, 15) is 5.11 Å². The van der Waals surface area contributed by atoms with Crippen LogP contribution in [-0.4, -0.2) is 14.5 Å². The predicted octanol–water partition coefficient (Wildman–Crippen LogP) is 2.61. The van der Waals surface area contributed by atoms with Crippen molar-refractivity contribution in [2.45, 2.75) is 22.3 Å². The molecule has 0 aliphatic heterocycles. The molecule has 1 N–H and O–H groups in total. The highest BCUT2D eigenvalue weighted by molar-refractivity contribution is 8.01. The number of rotatable bonds is 3. The van der Waals surface area contributed by atoms with Gasteiger partial charge in [-0.05, 0) is 36.2 Å². The molecule has 0 unspecified atom stereocenters. The first-order valence-corrected chi connectivity index (χ1v) is 6.46. The fraction of sp³-hybridized carbons (Fsp3) is 0.182. The van der Waals surface area contributed by atoms with Crippen LogP contribution in [0.2, 0.25) is 0 Å². The van der Waals surface area contributed by atoms with Gasteiger partial charge in [-0.3, -0.25) is 0 Å². The van der Waals surface area contributed by atoms with Gasteiger partial charge in [0.25, 0.3) is 0 Å². The van der Waals surface area contributed by atoms with Crippen molar-refractivity contribution in [3.63, 3.8) is 0 Å². The third-order valence-corrected chi connectivity index (χ3v) is 3.92. The van der Waals surface area contributed by atoms with Crippen LogP contribution in [0, 0.1) is 11.3 Å². The van der Waals surface area contributed by atoms with Gasteiger partial charge in [0.05, 0.1) is 17.7 Å². The maximum absolute atomic E-state index is 9.67. The number of hydrogen-bond acceptors (Lipinski definition) is 6. The summed E-state index contributed by atoms with van der Waals surface area (Å²) >= 11 is 2.70. The van der Waals surface area contributed by atoms with Crippen LogP contribution >= 0.6 is 23.3 Å². The molecule has 1 aromatic heterocycles. The third kappa shape index (κ3) is 2.82. The second-order valence-electron chi connectivity index (χ2n) is 3.35. The summed E-state index contributed by atoms with van der Waals surface area (Å²) in [6, 6.07) is 7.31. The predicted molar refractivity (Wildman–Crippen MR) is 65.8 cm³/mol. The monoisotopic (exact) mass is 263 g/mol. The molecular formula is C11H9N3OS2. The lowest BCUT2D eigenvalue weighted by atomic mass is 10.1. The normalized spacial score (nSPS) is 12.1. The van der Waals surface area contributed by atoms with E-state index in [0.29, 0.717) is 5.56 Å². The SMILES string of the molecule is C[C@@H](O)c1ccc(C#N)cc1Sc1ncns1. The Morgan fingerprint density at radius 1 is 1.53 bits per heavy atom. The zero-order valence-electron chi connectivity index (χ0n) is 8.99. The van der Waals surface area contributed by atoms with E-state index in [-0.39, 0.29) is 0 Å². The smallest absolute Gasteiger partial charge is 0.174 e. The number of aliphatic hydroxyl groups is 1. The number of nitriles is 1. The van der Waals surface area contributed by atoms with Crippen molar-refractivity contribution in [3.05, 3.63) is 35.7 Å². The fourth-order valence-corrected chi connectivity index (χ4v) is 3.00. The van der Waals surface area contributed by atoms with Gasteiger partial charge in [0.1, 0.15) is 6.33 Å². The molecule has 2 aromatic rings. The van der Waals surface area contributed by atoms with Gasteiger partial charge in [0, 0.05) is 4.90 Å². The lowest BCUT2D eigenvalue weighted by Gasteiger charge is -2.10. The molecule has 1 aromatic carbocycles. The van der Waals surface area contributed by atoms with Crippen molar-refractivity contribution in [2.75, 3.05) is 0 Å². The average Bonchev–Trinajstić information content (AvgIpc) is 2.81. The summed E-state index contributed by atoms with van der Waals surface area (Å²) in [5.74, 6) is 0. The molecule has 0 saturated heterocycles. The highest BCUT2D eigenvalue weighted by Gasteiger charge is 2.11. The minimum atomic E-state index is -0.571. The first kappa shape index (κ1) is 12.0. The van der Waals surface area contributed by atoms with Crippen molar-refractivity contribution in [1.82, 2.24) is 9.36 Å². The molecule has 1 heterocycles. The number of aromatic nitrogens is 2. The summed E-state index contributed by atoms with van der Waals surface area (Å²) in [6.45, 7) is 1.70. The van der Waals surface area contributed by atoms with Crippen LogP contribution in [0.5, 0.6) is 0 Å². The lowest BCUT2D eigenvalue weighted by Crippen LogP contribution is -1.94. The summed E-state index contributed by atoms with van der Waals surface area (Å²) in [6.07, 6.45) is 0.918. The van der Waals surface area contributed by atoms with Gasteiger partial charge < -0.3 is 5.11 Å². The van der Waals surface area contributed by atoms with Gasteiger partial charge in [-0.1, -0.05) is 17.8 Å². The zero-order valence-corrected chi connectivity index (χ0v) is 10.6. The molecular weight excluding hydrogens is 254 g/mol. The van der Waals surface area contributed by atoms with Gasteiger partial charge in [0.2, 0.25) is 0 Å². The summed E-state index contributed by atoms with van der Waals surface area (Å²) < 4.78 is 4.71. The van der Waals surface area contributed by atoms with E-state index in [1.54, 1.807) is 25.1 Å². The van der Waals surface area contributed by atoms with Crippen molar-refractivity contribution in [2.24, 2.45) is 0 Å². The molecule has 17 heavy (non-hydrogen) atoms. The van der Waals surface area contributed by atoms with E-state index >= 15 is 0 Å². The molecule has 0 saturated carbocycles. The molecule has 0 spiro atoms. The Kier molecular flexibility index (Phi) is 3.74. The first-order chi connectivity index (χ1) is 8.20. The van der Waals surface area contributed by atoms with Crippen LogP contribution in [0.25, 0.3) is 0 Å². The topological polar surface area (TPSA) is 69.8 Å². The van der Waals surface area contributed by atoms with Gasteiger partial charge in [-0.2, -0.15) is 9.64 Å². The van der Waals surface area contributed by atoms with Crippen LogP contribution in [0.4, 0.5) is 0 Å². The molecule has 0 aliphatic rings. The molecule has 1 atom stereocenters.